The number of aromatic nitrogens is 2. The Morgan fingerprint density at radius 1 is 0.865 bits per heavy atom. The van der Waals surface area contributed by atoms with Crippen LogP contribution in [-0.4, -0.2) is 31.4 Å². The average molecular weight is 518 g/mol. The molecular weight excluding hydrogens is 490 g/mol. The molecule has 190 valence electrons. The lowest BCUT2D eigenvalue weighted by Crippen LogP contribution is -2.31. The maximum atomic E-state index is 13.2. The summed E-state index contributed by atoms with van der Waals surface area (Å²) in [5, 5.41) is -0.255. The highest BCUT2D eigenvalue weighted by atomic mass is 32.2. The molecule has 0 unspecified atom stereocenters. The molecule has 1 amide bonds. The first-order chi connectivity index (χ1) is 17.6. The maximum Gasteiger partial charge on any atom is 0.281 e. The van der Waals surface area contributed by atoms with Crippen molar-refractivity contribution in [2.75, 3.05) is 7.11 Å². The number of hydrogen-bond acceptors (Lipinski definition) is 7. The van der Waals surface area contributed by atoms with Crippen LogP contribution < -0.4 is 14.2 Å². The molecule has 4 aromatic rings. The number of hydrogen-bond donors (Lipinski definition) is 1. The third kappa shape index (κ3) is 5.78. The minimum Gasteiger partial charge on any atom is -0.497 e. The van der Waals surface area contributed by atoms with Crippen LogP contribution in [0.15, 0.2) is 71.8 Å². The van der Waals surface area contributed by atoms with E-state index in [2.05, 4.69) is 14.7 Å². The molecule has 2 aromatic carbocycles. The van der Waals surface area contributed by atoms with Crippen LogP contribution in [0.25, 0.3) is 11.3 Å². The zero-order valence-electron chi connectivity index (χ0n) is 21.2. The summed E-state index contributed by atoms with van der Waals surface area (Å²) >= 11 is 0. The number of pyridine rings is 2. The number of methoxy groups -OCH3 is 1. The van der Waals surface area contributed by atoms with Crippen molar-refractivity contribution in [3.8, 4) is 28.6 Å². The van der Waals surface area contributed by atoms with Crippen LogP contribution in [0, 0.1) is 27.7 Å². The van der Waals surface area contributed by atoms with E-state index in [4.69, 9.17) is 9.47 Å². The summed E-state index contributed by atoms with van der Waals surface area (Å²) in [6.45, 7) is 7.44. The number of amides is 1. The molecule has 0 saturated carbocycles. The number of nitrogens with one attached hydrogen (secondary N) is 1. The highest BCUT2D eigenvalue weighted by molar-refractivity contribution is 7.90. The van der Waals surface area contributed by atoms with Gasteiger partial charge in [-0.15, -0.1) is 0 Å². The number of nitrogens with zero attached hydrogens (tertiary/aromatic N) is 2. The van der Waals surface area contributed by atoms with Gasteiger partial charge in [-0.1, -0.05) is 35.9 Å². The second-order valence-corrected chi connectivity index (χ2v) is 10.3. The fourth-order valence-electron chi connectivity index (χ4n) is 3.96. The third-order valence-corrected chi connectivity index (χ3v) is 6.87. The highest BCUT2D eigenvalue weighted by Gasteiger charge is 2.24. The summed E-state index contributed by atoms with van der Waals surface area (Å²) in [6.07, 6.45) is 0. The topological polar surface area (TPSA) is 107 Å². The average Bonchev–Trinajstić information content (AvgIpc) is 2.86. The van der Waals surface area contributed by atoms with Gasteiger partial charge in [0.25, 0.3) is 15.9 Å². The lowest BCUT2D eigenvalue weighted by Gasteiger charge is -2.16. The monoisotopic (exact) mass is 517 g/mol. The molecule has 2 heterocycles. The van der Waals surface area contributed by atoms with E-state index >= 15 is 0 Å². The Labute approximate surface area is 216 Å². The smallest absolute Gasteiger partial charge is 0.281 e. The first-order valence-corrected chi connectivity index (χ1v) is 13.0. The van der Waals surface area contributed by atoms with Crippen molar-refractivity contribution in [3.05, 3.63) is 94.7 Å². The van der Waals surface area contributed by atoms with E-state index in [-0.39, 0.29) is 16.5 Å². The van der Waals surface area contributed by atoms with Crippen LogP contribution in [-0.2, 0) is 10.0 Å². The van der Waals surface area contributed by atoms with Crippen LogP contribution in [0.4, 0.5) is 0 Å². The summed E-state index contributed by atoms with van der Waals surface area (Å²) in [7, 11) is -2.65. The summed E-state index contributed by atoms with van der Waals surface area (Å²) in [5.74, 6) is 0.273. The number of benzene rings is 2. The standard InChI is InChI=1S/C28H27N3O5S/c1-17-14-18(2)26(19(3)15-17)36-28-23(12-13-24(30-28)21-9-7-10-22(16-21)35-5)27(32)31-37(33,34)25-11-6-8-20(4)29-25/h6-16H,1-5H3,(H,31,32). The highest BCUT2D eigenvalue weighted by Crippen LogP contribution is 2.33. The van der Waals surface area contributed by atoms with E-state index in [1.54, 1.807) is 32.2 Å². The second kappa shape index (κ2) is 10.4. The predicted octanol–water partition coefficient (Wildman–Crippen LogP) is 5.30. The molecule has 0 atom stereocenters. The van der Waals surface area contributed by atoms with Crippen molar-refractivity contribution in [2.45, 2.75) is 32.7 Å². The fourth-order valence-corrected chi connectivity index (χ4v) is 4.94. The number of ether oxygens (including phenoxy) is 2. The Morgan fingerprint density at radius 2 is 1.57 bits per heavy atom. The molecule has 0 aliphatic rings. The Hall–Kier alpha value is -4.24. The van der Waals surface area contributed by atoms with Crippen molar-refractivity contribution in [1.29, 1.82) is 0 Å². The fraction of sp³-hybridized carbons (Fsp3) is 0.179. The lowest BCUT2D eigenvalue weighted by atomic mass is 10.1. The SMILES string of the molecule is COc1cccc(-c2ccc(C(=O)NS(=O)(=O)c3cccc(C)n3)c(Oc3c(C)cc(C)cc3C)n2)c1. The first-order valence-electron chi connectivity index (χ1n) is 11.5. The lowest BCUT2D eigenvalue weighted by molar-refractivity contribution is 0.0978. The minimum atomic E-state index is -4.22. The first kappa shape index (κ1) is 25.8. The molecule has 0 fully saturated rings. The Balaban J connectivity index is 1.78. The van der Waals surface area contributed by atoms with E-state index in [0.717, 1.165) is 22.3 Å². The predicted molar refractivity (Wildman–Crippen MR) is 141 cm³/mol. The van der Waals surface area contributed by atoms with E-state index in [9.17, 15) is 13.2 Å². The Morgan fingerprint density at radius 3 is 2.24 bits per heavy atom. The number of carbonyl (C=O) groups is 1. The zero-order valence-corrected chi connectivity index (χ0v) is 22.0. The van der Waals surface area contributed by atoms with E-state index in [0.29, 0.717) is 22.9 Å². The number of rotatable bonds is 7. The van der Waals surface area contributed by atoms with Crippen molar-refractivity contribution in [2.24, 2.45) is 0 Å². The Kier molecular flexibility index (Phi) is 7.26. The van der Waals surface area contributed by atoms with Gasteiger partial charge >= 0.3 is 0 Å². The molecular formula is C28H27N3O5S. The molecule has 0 radical (unpaired) electrons. The van der Waals surface area contributed by atoms with Gasteiger partial charge in [0.2, 0.25) is 5.88 Å². The normalized spacial score (nSPS) is 11.2. The number of sulfonamides is 1. The van der Waals surface area contributed by atoms with Gasteiger partial charge in [0.05, 0.1) is 12.8 Å². The molecule has 37 heavy (non-hydrogen) atoms. The Bertz CT molecular complexity index is 1580. The zero-order chi connectivity index (χ0) is 26.7. The second-order valence-electron chi connectivity index (χ2n) is 8.66. The van der Waals surface area contributed by atoms with Crippen molar-refractivity contribution in [3.63, 3.8) is 0 Å². The molecule has 0 saturated heterocycles. The van der Waals surface area contributed by atoms with Crippen LogP contribution >= 0.6 is 0 Å². The van der Waals surface area contributed by atoms with Gasteiger partial charge in [0, 0.05) is 11.3 Å². The molecule has 2 aromatic heterocycles. The van der Waals surface area contributed by atoms with Crippen molar-refractivity contribution < 1.29 is 22.7 Å². The van der Waals surface area contributed by atoms with E-state index in [1.807, 2.05) is 57.2 Å². The molecule has 1 N–H and O–H groups in total. The summed E-state index contributed by atoms with van der Waals surface area (Å²) < 4.78 is 39.3. The van der Waals surface area contributed by atoms with Gasteiger partial charge in [-0.3, -0.25) is 4.79 Å². The number of carbonyl (C=O) groups excluding carboxylic acids is 1. The summed E-state index contributed by atoms with van der Waals surface area (Å²) in [4.78, 5) is 21.9. The van der Waals surface area contributed by atoms with Crippen LogP contribution in [0.5, 0.6) is 17.4 Å². The molecule has 0 spiro atoms. The van der Waals surface area contributed by atoms with Crippen molar-refractivity contribution >= 4 is 15.9 Å². The molecule has 4 rings (SSSR count). The van der Waals surface area contributed by atoms with Gasteiger partial charge in [0.15, 0.2) is 5.03 Å². The largest absolute Gasteiger partial charge is 0.497 e. The van der Waals surface area contributed by atoms with Gasteiger partial charge in [-0.2, -0.15) is 8.42 Å². The van der Waals surface area contributed by atoms with Gasteiger partial charge in [0.1, 0.15) is 17.1 Å². The van der Waals surface area contributed by atoms with Crippen LogP contribution in [0.2, 0.25) is 0 Å². The summed E-state index contributed by atoms with van der Waals surface area (Å²) in [6, 6.07) is 18.9. The van der Waals surface area contributed by atoms with Crippen molar-refractivity contribution in [1.82, 2.24) is 14.7 Å². The van der Waals surface area contributed by atoms with E-state index in [1.165, 1.54) is 12.1 Å². The molecule has 0 bridgehead atoms. The van der Waals surface area contributed by atoms with Gasteiger partial charge < -0.3 is 9.47 Å². The van der Waals surface area contributed by atoms with Crippen LogP contribution in [0.3, 0.4) is 0 Å². The molecule has 0 aliphatic carbocycles. The number of aryl methyl sites for hydroxylation is 4. The van der Waals surface area contributed by atoms with E-state index < -0.39 is 15.9 Å². The quantitative estimate of drug-likeness (QED) is 0.355. The van der Waals surface area contributed by atoms with Crippen LogP contribution in [0.1, 0.15) is 32.7 Å². The maximum absolute atomic E-state index is 13.2. The summed E-state index contributed by atoms with van der Waals surface area (Å²) in [5.41, 5.74) is 4.51. The molecule has 0 aliphatic heterocycles. The van der Waals surface area contributed by atoms with Gasteiger partial charge in [-0.05, 0) is 75.2 Å². The molecule has 9 heteroatoms. The van der Waals surface area contributed by atoms with Gasteiger partial charge in [-0.25, -0.2) is 14.7 Å². The third-order valence-electron chi connectivity index (χ3n) is 5.64. The molecule has 8 nitrogen and oxygen atoms in total. The minimum absolute atomic E-state index is 0.0275.